The van der Waals surface area contributed by atoms with Crippen LogP contribution in [0, 0.1) is 0 Å². The average molecular weight is 678 g/mol. The maximum Gasteiger partial charge on any atom is 0.303 e. The van der Waals surface area contributed by atoms with Crippen molar-refractivity contribution in [2.24, 2.45) is 0 Å². The summed E-state index contributed by atoms with van der Waals surface area (Å²) in [4.78, 5) is 25.8. The number of hydrogen-bond acceptors (Lipinski definition) is 4. The van der Waals surface area contributed by atoms with Crippen molar-refractivity contribution in [1.82, 2.24) is 0 Å². The molecule has 0 radical (unpaired) electrons. The van der Waals surface area contributed by atoms with Crippen LogP contribution in [0.2, 0.25) is 0 Å². The summed E-state index contributed by atoms with van der Waals surface area (Å²) >= 11 is 0. The molecule has 0 saturated carbocycles. The van der Waals surface area contributed by atoms with Crippen molar-refractivity contribution in [3.05, 3.63) is 107 Å². The van der Waals surface area contributed by atoms with Crippen LogP contribution in [0.1, 0.15) is 117 Å². The number of ether oxygens (including phenoxy) is 1. The molecule has 0 fully saturated rings. The lowest BCUT2D eigenvalue weighted by molar-refractivity contribution is -0.437. The number of rotatable bonds is 16. The second-order valence-corrected chi connectivity index (χ2v) is 15.0. The van der Waals surface area contributed by atoms with Crippen LogP contribution in [-0.4, -0.2) is 46.8 Å². The Morgan fingerprint density at radius 3 is 2.32 bits per heavy atom. The van der Waals surface area contributed by atoms with Crippen molar-refractivity contribution in [1.29, 1.82) is 0 Å². The summed E-state index contributed by atoms with van der Waals surface area (Å²) in [5, 5.41) is 8.93. The van der Waals surface area contributed by atoms with E-state index in [1.165, 1.54) is 45.1 Å². The van der Waals surface area contributed by atoms with E-state index in [-0.39, 0.29) is 23.0 Å². The number of allylic oxidation sites excluding steroid dienone is 7. The Kier molecular flexibility index (Phi) is 12.0. The van der Waals surface area contributed by atoms with Gasteiger partial charge in [0.05, 0.1) is 12.0 Å². The lowest BCUT2D eigenvalue weighted by Crippen LogP contribution is -2.28. The molecule has 266 valence electrons. The third-order valence-corrected chi connectivity index (χ3v) is 10.5. The van der Waals surface area contributed by atoms with Crippen molar-refractivity contribution in [2.45, 2.75) is 117 Å². The smallest absolute Gasteiger partial charge is 0.303 e. The van der Waals surface area contributed by atoms with Crippen LogP contribution >= 0.6 is 0 Å². The van der Waals surface area contributed by atoms with E-state index in [0.29, 0.717) is 32.3 Å². The molecule has 0 amide bonds. The van der Waals surface area contributed by atoms with Crippen LogP contribution in [0.4, 0.5) is 11.4 Å². The lowest BCUT2D eigenvalue weighted by Gasteiger charge is -2.27. The molecule has 1 aliphatic carbocycles. The highest BCUT2D eigenvalue weighted by molar-refractivity contribution is 6.03. The predicted molar refractivity (Wildman–Crippen MR) is 205 cm³/mol. The maximum absolute atomic E-state index is 12.5. The van der Waals surface area contributed by atoms with Gasteiger partial charge in [-0.15, -0.1) is 0 Å². The number of Topliss-reactive ketones (excluding diaryl/α,β-unsaturated/α-hetero) is 1. The van der Waals surface area contributed by atoms with Crippen molar-refractivity contribution < 1.29 is 24.0 Å². The van der Waals surface area contributed by atoms with Gasteiger partial charge in [0.2, 0.25) is 5.69 Å². The fraction of sp³-hybridized carbons (Fsp3) is 0.477. The SMILES string of the molecule is CCCN1/C(=C/C=C2\CCCC(/C=C/C3=[N+](CCC)c4ccccc4C3(C)C)=C2OCCCC(=O)CCCC(=O)O)C(C)(C)c2ccccc21. The molecule has 1 N–H and O–H groups in total. The Balaban J connectivity index is 1.48. The molecule has 0 saturated heterocycles. The van der Waals surface area contributed by atoms with Gasteiger partial charge in [-0.3, -0.25) is 9.59 Å². The quantitative estimate of drug-likeness (QED) is 0.141. The molecule has 0 aromatic heterocycles. The molecule has 6 nitrogen and oxygen atoms in total. The zero-order valence-corrected chi connectivity index (χ0v) is 31.2. The molecule has 6 heteroatoms. The van der Waals surface area contributed by atoms with E-state index in [4.69, 9.17) is 9.84 Å². The van der Waals surface area contributed by atoms with E-state index in [0.717, 1.165) is 51.0 Å². The van der Waals surface area contributed by atoms with Gasteiger partial charge in [-0.1, -0.05) is 70.2 Å². The van der Waals surface area contributed by atoms with Gasteiger partial charge >= 0.3 is 5.97 Å². The van der Waals surface area contributed by atoms with Gasteiger partial charge in [0.25, 0.3) is 0 Å². The summed E-state index contributed by atoms with van der Waals surface area (Å²) < 4.78 is 9.14. The van der Waals surface area contributed by atoms with E-state index in [1.807, 2.05) is 0 Å². The van der Waals surface area contributed by atoms with Crippen LogP contribution in [0.15, 0.2) is 95.4 Å². The zero-order chi connectivity index (χ0) is 35.9. The number of benzene rings is 2. The Labute approximate surface area is 299 Å². The summed E-state index contributed by atoms with van der Waals surface area (Å²) in [6.07, 6.45) is 16.0. The minimum atomic E-state index is -0.858. The van der Waals surface area contributed by atoms with Gasteiger partial charge in [0.15, 0.2) is 5.71 Å². The molecule has 2 aromatic carbocycles. The minimum absolute atomic E-state index is 0.0304. The molecular formula is C44H57N2O4+. The van der Waals surface area contributed by atoms with Crippen molar-refractivity contribution in [3.8, 4) is 0 Å². The fourth-order valence-corrected chi connectivity index (χ4v) is 7.98. The summed E-state index contributed by atoms with van der Waals surface area (Å²) in [5.74, 6) is 0.181. The molecule has 0 bridgehead atoms. The number of ketones is 1. The number of carbonyl (C=O) groups excluding carboxylic acids is 1. The number of carbonyl (C=O) groups is 2. The first kappa shape index (κ1) is 37.1. The summed E-state index contributed by atoms with van der Waals surface area (Å²) in [7, 11) is 0. The number of carboxylic acids is 1. The van der Waals surface area contributed by atoms with E-state index >= 15 is 0 Å². The number of para-hydroxylation sites is 2. The molecule has 0 atom stereocenters. The van der Waals surface area contributed by atoms with Crippen LogP contribution in [-0.2, 0) is 25.2 Å². The molecule has 0 unspecified atom stereocenters. The molecule has 2 aromatic rings. The summed E-state index contributed by atoms with van der Waals surface area (Å²) in [6, 6.07) is 17.5. The van der Waals surface area contributed by atoms with Gasteiger partial charge in [-0.25, -0.2) is 0 Å². The second-order valence-electron chi connectivity index (χ2n) is 15.0. The highest BCUT2D eigenvalue weighted by Gasteiger charge is 2.44. The number of fused-ring (bicyclic) bond motifs is 2. The van der Waals surface area contributed by atoms with Crippen LogP contribution in [0.3, 0.4) is 0 Å². The number of aliphatic carboxylic acids is 1. The summed E-state index contributed by atoms with van der Waals surface area (Å²) in [6.45, 7) is 16.1. The predicted octanol–water partition coefficient (Wildman–Crippen LogP) is 10.1. The number of nitrogens with zero attached hydrogens (tertiary/aromatic N) is 2. The molecule has 0 spiro atoms. The van der Waals surface area contributed by atoms with Gasteiger partial charge in [-0.05, 0) is 87.3 Å². The molecule has 5 rings (SSSR count). The number of anilines is 1. The first-order valence-corrected chi connectivity index (χ1v) is 18.8. The highest BCUT2D eigenvalue weighted by Crippen LogP contribution is 2.48. The topological polar surface area (TPSA) is 69.8 Å². The second kappa shape index (κ2) is 16.2. The summed E-state index contributed by atoms with van der Waals surface area (Å²) in [5.41, 5.74) is 10.1. The van der Waals surface area contributed by atoms with Gasteiger partial charge in [-0.2, -0.15) is 4.58 Å². The Bertz CT molecular complexity index is 1740. The molecule has 2 heterocycles. The molecule has 50 heavy (non-hydrogen) atoms. The van der Waals surface area contributed by atoms with Crippen molar-refractivity contribution >= 4 is 28.8 Å². The Morgan fingerprint density at radius 1 is 0.860 bits per heavy atom. The maximum atomic E-state index is 12.5. The zero-order valence-electron chi connectivity index (χ0n) is 31.2. The monoisotopic (exact) mass is 677 g/mol. The normalized spacial score (nSPS) is 19.5. The van der Waals surface area contributed by atoms with Crippen molar-refractivity contribution in [2.75, 3.05) is 24.6 Å². The standard InChI is InChI=1S/C44H56N2O4/c1-7-29-45-37-22-11-9-20-35(37)43(3,4)39(45)27-25-32-16-13-17-33(42(32)50-31-15-19-34(47)18-14-24-41(48)49)26-28-40-44(5,6)36-21-10-12-23-38(36)46(40)30-8-2/h9-12,20-23,25-28H,7-8,13-19,24,29-31H2,1-6H3/p+1. The lowest BCUT2D eigenvalue weighted by atomic mass is 9.81. The third-order valence-electron chi connectivity index (χ3n) is 10.5. The van der Waals surface area contributed by atoms with E-state index in [2.05, 4.69) is 124 Å². The van der Waals surface area contributed by atoms with Gasteiger partial charge in [0.1, 0.15) is 18.1 Å². The Morgan fingerprint density at radius 2 is 1.58 bits per heavy atom. The molecule has 3 aliphatic rings. The van der Waals surface area contributed by atoms with Gasteiger partial charge in [0, 0.05) is 66.7 Å². The van der Waals surface area contributed by atoms with E-state index < -0.39 is 5.97 Å². The Hall–Kier alpha value is -4.19. The van der Waals surface area contributed by atoms with E-state index in [1.54, 1.807) is 0 Å². The van der Waals surface area contributed by atoms with Crippen LogP contribution < -0.4 is 4.90 Å². The first-order chi connectivity index (χ1) is 24.0. The number of hydrogen-bond donors (Lipinski definition) is 1. The third kappa shape index (κ3) is 7.90. The molecular weight excluding hydrogens is 620 g/mol. The van der Waals surface area contributed by atoms with Gasteiger partial charge < -0.3 is 14.7 Å². The average Bonchev–Trinajstić information content (AvgIpc) is 3.43. The minimum Gasteiger partial charge on any atom is -0.493 e. The fourth-order valence-electron chi connectivity index (χ4n) is 7.98. The van der Waals surface area contributed by atoms with Crippen LogP contribution in [0.25, 0.3) is 0 Å². The largest absolute Gasteiger partial charge is 0.493 e. The van der Waals surface area contributed by atoms with Crippen LogP contribution in [0.5, 0.6) is 0 Å². The highest BCUT2D eigenvalue weighted by atomic mass is 16.5. The number of carboxylic acid groups (broad SMARTS) is 1. The first-order valence-electron chi connectivity index (χ1n) is 18.8. The van der Waals surface area contributed by atoms with Crippen molar-refractivity contribution in [3.63, 3.8) is 0 Å². The van der Waals surface area contributed by atoms with E-state index in [9.17, 15) is 9.59 Å². The molecule has 2 aliphatic heterocycles.